The highest BCUT2D eigenvalue weighted by molar-refractivity contribution is 6.22. The fraction of sp³-hybridized carbons (Fsp3) is 0.278. The van der Waals surface area contributed by atoms with Crippen LogP contribution in [0.2, 0.25) is 0 Å². The largest absolute Gasteiger partial charge is 0.274 e. The molecule has 1 aromatic carbocycles. The van der Waals surface area contributed by atoms with Crippen LogP contribution in [0.3, 0.4) is 0 Å². The molecule has 0 bridgehead atoms. The number of benzene rings is 1. The Morgan fingerprint density at radius 1 is 1.04 bits per heavy atom. The quantitative estimate of drug-likeness (QED) is 0.646. The highest BCUT2D eigenvalue weighted by atomic mass is 16.2. The van der Waals surface area contributed by atoms with Gasteiger partial charge in [0.25, 0.3) is 0 Å². The Morgan fingerprint density at radius 3 is 2.43 bits per heavy atom. The molecule has 2 amide bonds. The first-order valence-corrected chi connectivity index (χ1v) is 7.83. The van der Waals surface area contributed by atoms with Crippen molar-refractivity contribution in [3.8, 4) is 0 Å². The summed E-state index contributed by atoms with van der Waals surface area (Å²) in [5.74, 6) is -0.522. The van der Waals surface area contributed by atoms with Crippen molar-refractivity contribution in [1.29, 1.82) is 0 Å². The van der Waals surface area contributed by atoms with E-state index in [2.05, 4.69) is 5.10 Å². The summed E-state index contributed by atoms with van der Waals surface area (Å²) in [5, 5.41) is 4.19. The van der Waals surface area contributed by atoms with Crippen LogP contribution in [0.5, 0.6) is 0 Å². The Labute approximate surface area is 134 Å². The standard InChI is InChI=1S/C18H17N3O2/c22-17-15-7-1-2-8-16(15)18(23)21(17)14-6-3-5-13(11-14)12-20-10-4-9-19-20/h1-6,9-11,15-16H,7-8,12H2. The molecule has 2 unspecified atom stereocenters. The second kappa shape index (κ2) is 5.50. The maximum absolute atomic E-state index is 12.6. The Balaban J connectivity index is 1.63. The van der Waals surface area contributed by atoms with Crippen LogP contribution in [0.15, 0.2) is 54.9 Å². The number of aromatic nitrogens is 2. The minimum atomic E-state index is -0.192. The molecular weight excluding hydrogens is 290 g/mol. The molecule has 1 aliphatic carbocycles. The number of imide groups is 1. The van der Waals surface area contributed by atoms with E-state index in [4.69, 9.17) is 0 Å². The number of carbonyl (C=O) groups is 2. The van der Waals surface area contributed by atoms with Crippen LogP contribution < -0.4 is 4.90 Å². The van der Waals surface area contributed by atoms with Crippen molar-refractivity contribution in [2.45, 2.75) is 19.4 Å². The highest BCUT2D eigenvalue weighted by Crippen LogP contribution is 2.37. The number of hydrogen-bond donors (Lipinski definition) is 0. The summed E-state index contributed by atoms with van der Waals surface area (Å²) in [6.45, 7) is 0.617. The van der Waals surface area contributed by atoms with Crippen LogP contribution in [0.4, 0.5) is 5.69 Å². The summed E-state index contributed by atoms with van der Waals surface area (Å²) < 4.78 is 1.82. The third kappa shape index (κ3) is 2.38. The van der Waals surface area contributed by atoms with Crippen LogP contribution in [0, 0.1) is 11.8 Å². The van der Waals surface area contributed by atoms with Gasteiger partial charge in [-0.25, -0.2) is 0 Å². The van der Waals surface area contributed by atoms with Crippen LogP contribution >= 0.6 is 0 Å². The molecule has 1 aromatic heterocycles. The van der Waals surface area contributed by atoms with Crippen LogP contribution in [0.25, 0.3) is 0 Å². The molecule has 4 rings (SSSR count). The Hall–Kier alpha value is -2.69. The van der Waals surface area contributed by atoms with Gasteiger partial charge in [-0.1, -0.05) is 24.3 Å². The van der Waals surface area contributed by atoms with Crippen LogP contribution in [0.1, 0.15) is 18.4 Å². The Kier molecular flexibility index (Phi) is 3.33. The zero-order valence-electron chi connectivity index (χ0n) is 12.6. The lowest BCUT2D eigenvalue weighted by atomic mass is 9.85. The van der Waals surface area contributed by atoms with Gasteiger partial charge in [-0.3, -0.25) is 19.2 Å². The van der Waals surface area contributed by atoms with E-state index in [0.29, 0.717) is 25.1 Å². The first-order chi connectivity index (χ1) is 11.2. The summed E-state index contributed by atoms with van der Waals surface area (Å²) in [7, 11) is 0. The number of amides is 2. The number of allylic oxidation sites excluding steroid dienone is 2. The number of nitrogens with zero attached hydrogens (tertiary/aromatic N) is 3. The van der Waals surface area contributed by atoms with Crippen molar-refractivity contribution in [1.82, 2.24) is 9.78 Å². The molecule has 0 N–H and O–H groups in total. The molecule has 116 valence electrons. The topological polar surface area (TPSA) is 55.2 Å². The predicted octanol–water partition coefficient (Wildman–Crippen LogP) is 2.39. The SMILES string of the molecule is O=C1C2CC=CCC2C(=O)N1c1cccc(Cn2cccn2)c1. The molecule has 2 aromatic rings. The lowest BCUT2D eigenvalue weighted by molar-refractivity contribution is -0.122. The molecule has 5 nitrogen and oxygen atoms in total. The maximum atomic E-state index is 12.6. The van der Waals surface area contributed by atoms with Gasteiger partial charge < -0.3 is 0 Å². The maximum Gasteiger partial charge on any atom is 0.238 e. The fourth-order valence-electron chi connectivity index (χ4n) is 3.43. The Bertz CT molecular complexity index is 753. The van der Waals surface area contributed by atoms with E-state index < -0.39 is 0 Å². The van der Waals surface area contributed by atoms with E-state index in [1.807, 2.05) is 53.4 Å². The summed E-state index contributed by atoms with van der Waals surface area (Å²) in [6.07, 6.45) is 8.96. The van der Waals surface area contributed by atoms with Crippen molar-refractivity contribution >= 4 is 17.5 Å². The van der Waals surface area contributed by atoms with Gasteiger partial charge in [0.15, 0.2) is 0 Å². The van der Waals surface area contributed by atoms with Crippen LogP contribution in [-0.4, -0.2) is 21.6 Å². The minimum absolute atomic E-state index is 0.0689. The van der Waals surface area contributed by atoms with Crippen molar-refractivity contribution < 1.29 is 9.59 Å². The monoisotopic (exact) mass is 307 g/mol. The Morgan fingerprint density at radius 2 is 1.78 bits per heavy atom. The van der Waals surface area contributed by atoms with Gasteiger partial charge in [0, 0.05) is 12.4 Å². The van der Waals surface area contributed by atoms with Crippen molar-refractivity contribution in [3.63, 3.8) is 0 Å². The average Bonchev–Trinajstić information content (AvgIpc) is 3.16. The molecule has 0 saturated carbocycles. The third-order valence-electron chi connectivity index (χ3n) is 4.58. The van der Waals surface area contributed by atoms with Gasteiger partial charge in [0.05, 0.1) is 24.1 Å². The number of hydrogen-bond acceptors (Lipinski definition) is 3. The normalized spacial score (nSPS) is 23.4. The van der Waals surface area contributed by atoms with Crippen LogP contribution in [-0.2, 0) is 16.1 Å². The second-order valence-electron chi connectivity index (χ2n) is 6.04. The van der Waals surface area contributed by atoms with E-state index in [9.17, 15) is 9.59 Å². The lowest BCUT2D eigenvalue weighted by Crippen LogP contribution is -2.30. The summed E-state index contributed by atoms with van der Waals surface area (Å²) in [5.41, 5.74) is 1.68. The highest BCUT2D eigenvalue weighted by Gasteiger charge is 2.47. The van der Waals surface area contributed by atoms with Crippen molar-refractivity contribution in [2.75, 3.05) is 4.90 Å². The third-order valence-corrected chi connectivity index (χ3v) is 4.58. The molecule has 23 heavy (non-hydrogen) atoms. The molecule has 2 aliphatic rings. The second-order valence-corrected chi connectivity index (χ2v) is 6.04. The zero-order valence-corrected chi connectivity index (χ0v) is 12.6. The molecule has 0 radical (unpaired) electrons. The van der Waals surface area contributed by atoms with Gasteiger partial charge >= 0.3 is 0 Å². The first kappa shape index (κ1) is 13.9. The van der Waals surface area contributed by atoms with E-state index in [-0.39, 0.29) is 23.7 Å². The zero-order chi connectivity index (χ0) is 15.8. The number of anilines is 1. The lowest BCUT2D eigenvalue weighted by Gasteiger charge is -2.16. The molecule has 2 atom stereocenters. The summed E-state index contributed by atoms with van der Waals surface area (Å²) >= 11 is 0. The first-order valence-electron chi connectivity index (χ1n) is 7.83. The smallest absolute Gasteiger partial charge is 0.238 e. The molecule has 5 heteroatoms. The predicted molar refractivity (Wildman–Crippen MR) is 85.6 cm³/mol. The number of fused-ring (bicyclic) bond motifs is 1. The van der Waals surface area contributed by atoms with Gasteiger partial charge in [0.1, 0.15) is 0 Å². The van der Waals surface area contributed by atoms with Gasteiger partial charge in [-0.05, 0) is 36.6 Å². The van der Waals surface area contributed by atoms with Crippen molar-refractivity contribution in [2.24, 2.45) is 11.8 Å². The fourth-order valence-corrected chi connectivity index (χ4v) is 3.43. The molecular formula is C18H17N3O2. The van der Waals surface area contributed by atoms with Crippen molar-refractivity contribution in [3.05, 3.63) is 60.4 Å². The van der Waals surface area contributed by atoms with E-state index in [0.717, 1.165) is 5.56 Å². The summed E-state index contributed by atoms with van der Waals surface area (Å²) in [6, 6.07) is 9.46. The molecule has 0 spiro atoms. The van der Waals surface area contributed by atoms with Gasteiger partial charge in [-0.2, -0.15) is 5.10 Å². The molecule has 1 fully saturated rings. The van der Waals surface area contributed by atoms with E-state index in [1.54, 1.807) is 6.20 Å². The average molecular weight is 307 g/mol. The molecule has 2 heterocycles. The van der Waals surface area contributed by atoms with Gasteiger partial charge in [-0.15, -0.1) is 0 Å². The summed E-state index contributed by atoms with van der Waals surface area (Å²) in [4.78, 5) is 26.6. The molecule has 1 aliphatic heterocycles. The van der Waals surface area contributed by atoms with E-state index in [1.165, 1.54) is 4.90 Å². The number of carbonyl (C=O) groups excluding carboxylic acids is 2. The van der Waals surface area contributed by atoms with Gasteiger partial charge in [0.2, 0.25) is 11.8 Å². The number of rotatable bonds is 3. The molecule has 1 saturated heterocycles. The van der Waals surface area contributed by atoms with E-state index >= 15 is 0 Å². The minimum Gasteiger partial charge on any atom is -0.274 e.